The number of nitrogens with one attached hydrogen (secondary N) is 1. The Bertz CT molecular complexity index is 1220. The van der Waals surface area contributed by atoms with Crippen LogP contribution in [0.15, 0.2) is 17.2 Å². The van der Waals surface area contributed by atoms with E-state index in [9.17, 15) is 18.0 Å². The molecule has 0 atom stereocenters. The Morgan fingerprint density at radius 1 is 1.16 bits per heavy atom. The molecule has 0 spiro atoms. The molecule has 1 aliphatic heterocycles. The van der Waals surface area contributed by atoms with E-state index in [0.717, 1.165) is 6.54 Å². The number of piperazine rings is 1. The summed E-state index contributed by atoms with van der Waals surface area (Å²) in [5, 5.41) is 7.03. The van der Waals surface area contributed by atoms with Crippen molar-refractivity contribution < 1.29 is 27.5 Å². The van der Waals surface area contributed by atoms with Crippen molar-refractivity contribution in [3.63, 3.8) is 0 Å². The van der Waals surface area contributed by atoms with Crippen LogP contribution in [0.2, 0.25) is 0 Å². The molecule has 0 bridgehead atoms. The van der Waals surface area contributed by atoms with Gasteiger partial charge in [-0.2, -0.15) is 9.40 Å². The van der Waals surface area contributed by atoms with Gasteiger partial charge in [0.05, 0.1) is 37.2 Å². The Kier molecular flexibility index (Phi) is 9.59. The number of ether oxygens (including phenoxy) is 2. The molecule has 0 aliphatic carbocycles. The molecule has 3 N–H and O–H groups in total. The topological polar surface area (TPSA) is 162 Å². The van der Waals surface area contributed by atoms with Gasteiger partial charge in [0, 0.05) is 33.3 Å². The van der Waals surface area contributed by atoms with Crippen LogP contribution in [0.5, 0.6) is 5.88 Å². The Morgan fingerprint density at radius 2 is 1.86 bits per heavy atom. The van der Waals surface area contributed by atoms with Gasteiger partial charge >= 0.3 is 0 Å². The van der Waals surface area contributed by atoms with Gasteiger partial charge in [-0.15, -0.1) is 0 Å². The van der Waals surface area contributed by atoms with Gasteiger partial charge in [-0.25, -0.2) is 13.4 Å². The Balaban J connectivity index is 1.98. The van der Waals surface area contributed by atoms with E-state index in [1.165, 1.54) is 28.4 Å². The van der Waals surface area contributed by atoms with Crippen molar-refractivity contribution in [2.24, 2.45) is 5.73 Å². The van der Waals surface area contributed by atoms with Crippen LogP contribution in [0, 0.1) is 0 Å². The number of rotatable bonds is 12. The average molecular weight is 538 g/mol. The zero-order valence-corrected chi connectivity index (χ0v) is 22.5. The van der Waals surface area contributed by atoms with E-state index in [1.807, 2.05) is 6.92 Å². The third-order valence-corrected chi connectivity index (χ3v) is 7.96. The lowest BCUT2D eigenvalue weighted by Gasteiger charge is -2.33. The molecule has 1 aliphatic rings. The molecule has 37 heavy (non-hydrogen) atoms. The second-order valence-electron chi connectivity index (χ2n) is 8.35. The van der Waals surface area contributed by atoms with Crippen molar-refractivity contribution in [1.29, 1.82) is 0 Å². The molecule has 2 amide bonds. The van der Waals surface area contributed by atoms with Gasteiger partial charge in [0.25, 0.3) is 11.8 Å². The first-order chi connectivity index (χ1) is 17.7. The normalized spacial score (nSPS) is 15.0. The summed E-state index contributed by atoms with van der Waals surface area (Å²) < 4.78 is 40.0. The molecule has 0 aromatic carbocycles. The van der Waals surface area contributed by atoms with Crippen molar-refractivity contribution in [1.82, 2.24) is 24.0 Å². The molecule has 3 heterocycles. The zero-order valence-electron chi connectivity index (χ0n) is 21.7. The lowest BCUT2D eigenvalue weighted by Crippen LogP contribution is -2.48. The number of primary amides is 1. The fourth-order valence-electron chi connectivity index (χ4n) is 4.12. The van der Waals surface area contributed by atoms with E-state index in [1.54, 1.807) is 13.8 Å². The molecule has 3 rings (SSSR count). The van der Waals surface area contributed by atoms with E-state index >= 15 is 0 Å². The molecular weight excluding hydrogens is 502 g/mol. The van der Waals surface area contributed by atoms with Gasteiger partial charge in [0.1, 0.15) is 16.3 Å². The fraction of sp³-hybridized carbons (Fsp3) is 0.565. The van der Waals surface area contributed by atoms with Crippen molar-refractivity contribution in [2.75, 3.05) is 58.4 Å². The van der Waals surface area contributed by atoms with Crippen LogP contribution in [0.1, 0.15) is 47.3 Å². The maximum Gasteiger partial charge on any atom is 0.267 e. The summed E-state index contributed by atoms with van der Waals surface area (Å²) in [4.78, 5) is 32.0. The highest BCUT2D eigenvalue weighted by Gasteiger charge is 2.31. The number of carbonyl (C=O) groups is 2. The van der Waals surface area contributed by atoms with E-state index in [4.69, 9.17) is 15.2 Å². The minimum atomic E-state index is -3.86. The third-order valence-electron chi connectivity index (χ3n) is 6.10. The monoisotopic (exact) mass is 537 g/mol. The summed E-state index contributed by atoms with van der Waals surface area (Å²) in [6.07, 6.45) is 1.58. The van der Waals surface area contributed by atoms with Crippen LogP contribution in [0.3, 0.4) is 0 Å². The van der Waals surface area contributed by atoms with Crippen LogP contribution in [-0.4, -0.2) is 97.2 Å². The highest BCUT2D eigenvalue weighted by atomic mass is 32.2. The van der Waals surface area contributed by atoms with Crippen LogP contribution < -0.4 is 15.8 Å². The van der Waals surface area contributed by atoms with E-state index in [2.05, 4.69) is 20.3 Å². The molecule has 204 valence electrons. The number of amides is 2. The second-order valence-corrected chi connectivity index (χ2v) is 10.3. The standard InChI is InChI=1S/C23H35N7O6S/c1-5-17-19(20(21(24)31)30(27-17)12-13-35-4)22(32)26-18-14-16(15-25-23(18)36-7-3)37(33,34)29-10-8-28(6-2)9-11-29/h14-15H,5-13H2,1-4H3,(H2,24,31)(H,26,32). The smallest absolute Gasteiger partial charge is 0.267 e. The summed E-state index contributed by atoms with van der Waals surface area (Å²) in [5.74, 6) is -1.45. The second kappa shape index (κ2) is 12.4. The molecule has 1 fully saturated rings. The predicted octanol–water partition coefficient (Wildman–Crippen LogP) is 0.563. The number of nitrogens with two attached hydrogens (primary N) is 1. The van der Waals surface area contributed by atoms with Crippen LogP contribution in [0.4, 0.5) is 5.69 Å². The third kappa shape index (κ3) is 6.26. The van der Waals surface area contributed by atoms with Crippen molar-refractivity contribution in [2.45, 2.75) is 38.6 Å². The molecule has 0 unspecified atom stereocenters. The lowest BCUT2D eigenvalue weighted by molar-refractivity contribution is 0.0965. The van der Waals surface area contributed by atoms with E-state index in [-0.39, 0.29) is 47.5 Å². The quantitative estimate of drug-likeness (QED) is 0.394. The number of methoxy groups -OCH3 is 1. The number of carbonyl (C=O) groups excluding carboxylic acids is 2. The summed E-state index contributed by atoms with van der Waals surface area (Å²) in [7, 11) is -2.35. The maximum atomic E-state index is 13.4. The van der Waals surface area contributed by atoms with Crippen LogP contribution in [0.25, 0.3) is 0 Å². The number of aryl methyl sites for hydroxylation is 1. The van der Waals surface area contributed by atoms with Crippen molar-refractivity contribution in [3.05, 3.63) is 29.2 Å². The van der Waals surface area contributed by atoms with Gasteiger partial charge in [-0.3, -0.25) is 14.3 Å². The average Bonchev–Trinajstić information content (AvgIpc) is 3.27. The summed E-state index contributed by atoms with van der Waals surface area (Å²) in [5.41, 5.74) is 5.98. The first kappa shape index (κ1) is 28.5. The molecule has 2 aromatic rings. The molecule has 13 nitrogen and oxygen atoms in total. The van der Waals surface area contributed by atoms with Gasteiger partial charge in [-0.1, -0.05) is 13.8 Å². The zero-order chi connectivity index (χ0) is 27.2. The van der Waals surface area contributed by atoms with Crippen molar-refractivity contribution in [3.8, 4) is 5.88 Å². The number of hydrogen-bond acceptors (Lipinski definition) is 9. The number of likely N-dealkylation sites (N-methyl/N-ethyl adjacent to an activating group) is 1. The van der Waals surface area contributed by atoms with Gasteiger partial charge in [0.2, 0.25) is 15.9 Å². The highest BCUT2D eigenvalue weighted by Crippen LogP contribution is 2.28. The Hall–Kier alpha value is -3.07. The number of anilines is 1. The molecular formula is C23H35N7O6S. The highest BCUT2D eigenvalue weighted by molar-refractivity contribution is 7.89. The molecule has 0 saturated carbocycles. The molecule has 0 radical (unpaired) electrons. The molecule has 2 aromatic heterocycles. The Labute approximate surface area is 217 Å². The Morgan fingerprint density at radius 3 is 2.43 bits per heavy atom. The number of nitrogens with zero attached hydrogens (tertiary/aromatic N) is 5. The fourth-order valence-corrected chi connectivity index (χ4v) is 5.52. The maximum absolute atomic E-state index is 13.4. The number of aromatic nitrogens is 3. The first-order valence-corrected chi connectivity index (χ1v) is 13.7. The number of hydrogen-bond donors (Lipinski definition) is 2. The van der Waals surface area contributed by atoms with Gasteiger partial charge in [0.15, 0.2) is 0 Å². The largest absolute Gasteiger partial charge is 0.476 e. The minimum Gasteiger partial charge on any atom is -0.476 e. The summed E-state index contributed by atoms with van der Waals surface area (Å²) >= 11 is 0. The lowest BCUT2D eigenvalue weighted by atomic mass is 10.1. The number of sulfonamides is 1. The summed E-state index contributed by atoms with van der Waals surface area (Å²) in [6, 6.07) is 1.32. The first-order valence-electron chi connectivity index (χ1n) is 12.2. The SMILES string of the molecule is CCOc1ncc(S(=O)(=O)N2CCN(CC)CC2)cc1NC(=O)c1c(CC)nn(CCOC)c1C(N)=O. The molecule has 1 saturated heterocycles. The minimum absolute atomic E-state index is 0.0116. The number of pyridine rings is 1. The molecule has 14 heteroatoms. The van der Waals surface area contributed by atoms with Gasteiger partial charge < -0.3 is 25.4 Å². The van der Waals surface area contributed by atoms with Crippen LogP contribution in [-0.2, 0) is 27.7 Å². The van der Waals surface area contributed by atoms with E-state index in [0.29, 0.717) is 38.3 Å². The van der Waals surface area contributed by atoms with Crippen molar-refractivity contribution >= 4 is 27.5 Å². The predicted molar refractivity (Wildman–Crippen MR) is 136 cm³/mol. The van der Waals surface area contributed by atoms with Gasteiger partial charge in [-0.05, 0) is 26.0 Å². The van der Waals surface area contributed by atoms with E-state index < -0.39 is 21.8 Å². The summed E-state index contributed by atoms with van der Waals surface area (Å²) in [6.45, 7) is 9.11. The van der Waals surface area contributed by atoms with Crippen LogP contribution >= 0.6 is 0 Å².